The first-order chi connectivity index (χ1) is 21.9. The van der Waals surface area contributed by atoms with Crippen LogP contribution in [0.3, 0.4) is 0 Å². The lowest BCUT2D eigenvalue weighted by molar-refractivity contribution is -0.121. The van der Waals surface area contributed by atoms with Gasteiger partial charge < -0.3 is 4.90 Å². The molecule has 6 rings (SSSR count). The van der Waals surface area contributed by atoms with E-state index in [1.165, 1.54) is 32.3 Å². The largest absolute Gasteiger partial charge is 0.309 e. The minimum atomic E-state index is -0.512. The maximum Gasteiger partial charge on any atom is 0.291 e. The van der Waals surface area contributed by atoms with Gasteiger partial charge in [0, 0.05) is 33.7 Å². The van der Waals surface area contributed by atoms with Gasteiger partial charge in [-0.15, -0.1) is 22.7 Å². The Bertz CT molecular complexity index is 2100. The van der Waals surface area contributed by atoms with Gasteiger partial charge in [-0.25, -0.2) is 20.1 Å². The fourth-order valence-electron chi connectivity index (χ4n) is 6.06. The molecule has 0 saturated carbocycles. The molecule has 2 aliphatic carbocycles. The van der Waals surface area contributed by atoms with E-state index in [0.29, 0.717) is 28.1 Å². The third kappa shape index (κ3) is 4.40. The summed E-state index contributed by atoms with van der Waals surface area (Å²) in [4.78, 5) is 45.3. The Morgan fingerprint density at radius 3 is 2.07 bits per heavy atom. The summed E-state index contributed by atoms with van der Waals surface area (Å²) >= 11 is 5.32. The second-order valence-electron chi connectivity index (χ2n) is 11.6. The fraction of sp³-hybridized carbons (Fsp3) is 0.312. The molecular weight excluding hydrogens is 657 g/mol. The van der Waals surface area contributed by atoms with Gasteiger partial charge >= 0.3 is 0 Å². The van der Waals surface area contributed by atoms with Crippen LogP contribution in [0.25, 0.3) is 20.7 Å². The number of thioether (sulfide) groups is 2. The predicted octanol–water partition coefficient (Wildman–Crippen LogP) is 7.24. The fourth-order valence-corrected chi connectivity index (χ4v) is 11.1. The zero-order valence-electron chi connectivity index (χ0n) is 25.6. The van der Waals surface area contributed by atoms with Crippen molar-refractivity contribution in [3.63, 3.8) is 0 Å². The summed E-state index contributed by atoms with van der Waals surface area (Å²) < 4.78 is 0. The average Bonchev–Trinajstić information content (AvgIpc) is 3.82. The van der Waals surface area contributed by atoms with Crippen LogP contribution in [0.2, 0.25) is 0 Å². The molecule has 4 heterocycles. The molecule has 2 aromatic rings. The minimum absolute atomic E-state index is 0.108. The highest BCUT2D eigenvalue weighted by Crippen LogP contribution is 2.63. The van der Waals surface area contributed by atoms with Crippen molar-refractivity contribution in [1.82, 2.24) is 9.80 Å². The lowest BCUT2D eigenvalue weighted by atomic mass is 9.75. The van der Waals surface area contributed by atoms with E-state index in [1.807, 2.05) is 30.4 Å². The first kappa shape index (κ1) is 31.5. The molecule has 0 atom stereocenters. The maximum atomic E-state index is 13.2. The monoisotopic (exact) mass is 680 g/mol. The summed E-state index contributed by atoms with van der Waals surface area (Å²) in [5.74, 6) is -0.635. The normalized spacial score (nSPS) is 21.5. The van der Waals surface area contributed by atoms with Crippen molar-refractivity contribution in [2.45, 2.75) is 52.4 Å². The number of thiophene rings is 2. The van der Waals surface area contributed by atoms with Crippen LogP contribution in [-0.4, -0.2) is 44.8 Å². The third-order valence-electron chi connectivity index (χ3n) is 8.35. The molecule has 10 nitrogen and oxygen atoms in total. The van der Waals surface area contributed by atoms with Gasteiger partial charge in [-0.05, 0) is 54.4 Å². The number of allylic oxidation sites excluding steroid dienone is 3. The Hall–Kier alpha value is -4.44. The van der Waals surface area contributed by atoms with Crippen LogP contribution in [0, 0.1) is 40.6 Å². The Morgan fingerprint density at radius 2 is 1.48 bits per heavy atom. The quantitative estimate of drug-likeness (QED) is 0.245. The summed E-state index contributed by atoms with van der Waals surface area (Å²) in [7, 11) is 0. The molecule has 228 valence electrons. The summed E-state index contributed by atoms with van der Waals surface area (Å²) in [6.07, 6.45) is 2.03. The second-order valence-corrected chi connectivity index (χ2v) is 15.6. The Balaban J connectivity index is 1.38. The minimum Gasteiger partial charge on any atom is -0.309 e. The van der Waals surface area contributed by atoms with Crippen LogP contribution < -0.4 is 0 Å². The Kier molecular flexibility index (Phi) is 7.62. The highest BCUT2D eigenvalue weighted by Gasteiger charge is 2.49. The van der Waals surface area contributed by atoms with E-state index in [9.17, 15) is 25.4 Å². The highest BCUT2D eigenvalue weighted by atomic mass is 32.2. The van der Waals surface area contributed by atoms with E-state index >= 15 is 0 Å². The van der Waals surface area contributed by atoms with Gasteiger partial charge in [0.1, 0.15) is 27.2 Å². The molecule has 0 radical (unpaired) electrons. The number of carbonyl (C=O) groups excluding carboxylic acids is 2. The molecule has 2 saturated heterocycles. The van der Waals surface area contributed by atoms with Crippen molar-refractivity contribution in [3.8, 4) is 28.0 Å². The van der Waals surface area contributed by atoms with Gasteiger partial charge in [-0.2, -0.15) is 10.5 Å². The first-order valence-corrected chi connectivity index (χ1v) is 17.4. The number of nitriles is 3. The zero-order chi connectivity index (χ0) is 33.3. The van der Waals surface area contributed by atoms with Crippen LogP contribution in [0.5, 0.6) is 0 Å². The zero-order valence-corrected chi connectivity index (χ0v) is 28.9. The number of amides is 2. The summed E-state index contributed by atoms with van der Waals surface area (Å²) in [6.45, 7) is 20.2. The van der Waals surface area contributed by atoms with E-state index in [2.05, 4.69) is 32.5 Å². The van der Waals surface area contributed by atoms with E-state index in [1.54, 1.807) is 25.2 Å². The number of hydrogen-bond acceptors (Lipinski definition) is 11. The highest BCUT2D eigenvalue weighted by molar-refractivity contribution is 8.20. The maximum absolute atomic E-state index is 13.2. The molecule has 2 aliphatic heterocycles. The van der Waals surface area contributed by atoms with E-state index in [4.69, 9.17) is 16.6 Å². The molecule has 0 spiro atoms. The Morgan fingerprint density at radius 1 is 0.870 bits per heavy atom. The van der Waals surface area contributed by atoms with Crippen LogP contribution in [0.1, 0.15) is 63.1 Å². The number of hydrogen-bond donors (Lipinski definition) is 0. The van der Waals surface area contributed by atoms with Crippen molar-refractivity contribution in [2.24, 2.45) is 9.98 Å². The molecule has 14 heteroatoms. The molecule has 0 aromatic carbocycles. The number of nitrogens with zero attached hydrogens (tertiary/aromatic N) is 8. The van der Waals surface area contributed by atoms with Gasteiger partial charge in [0.05, 0.1) is 23.2 Å². The number of aliphatic imine (C=N–C) groups is 2. The SMILES string of the molecule is [C-]#[N+]/C(C#N)=C1\SC(=NC2=Cc3sc4c(c3C2(C)C)C(C)(C)c2cc(N=C3SC(=C(C#N)C#N)N(CC)C3=O)sc2-4)C(=O)N1CC. The van der Waals surface area contributed by atoms with Gasteiger partial charge in [-0.1, -0.05) is 39.5 Å². The molecule has 0 bridgehead atoms. The lowest BCUT2D eigenvalue weighted by Gasteiger charge is -2.28. The number of carbonyl (C=O) groups is 2. The van der Waals surface area contributed by atoms with Crippen molar-refractivity contribution < 1.29 is 9.59 Å². The molecular formula is C32H24N8O2S4. The molecule has 4 aliphatic rings. The van der Waals surface area contributed by atoms with Gasteiger partial charge in [0.25, 0.3) is 17.5 Å². The number of rotatable bonds is 4. The smallest absolute Gasteiger partial charge is 0.291 e. The van der Waals surface area contributed by atoms with Crippen LogP contribution >= 0.6 is 46.2 Å². The number of fused-ring (bicyclic) bond motifs is 5. The predicted molar refractivity (Wildman–Crippen MR) is 183 cm³/mol. The second kappa shape index (κ2) is 11.1. The molecule has 0 N–H and O–H groups in total. The third-order valence-corrected chi connectivity index (χ3v) is 12.8. The van der Waals surface area contributed by atoms with Gasteiger partial charge in [-0.3, -0.25) is 14.5 Å². The van der Waals surface area contributed by atoms with Crippen molar-refractivity contribution in [2.75, 3.05) is 13.1 Å². The van der Waals surface area contributed by atoms with Gasteiger partial charge in [0.15, 0.2) is 15.7 Å². The topological polar surface area (TPSA) is 141 Å². The summed E-state index contributed by atoms with van der Waals surface area (Å²) in [5, 5.41) is 30.0. The molecule has 2 amide bonds. The van der Waals surface area contributed by atoms with Gasteiger partial charge in [0.2, 0.25) is 0 Å². The van der Waals surface area contributed by atoms with Crippen LogP contribution in [-0.2, 0) is 20.4 Å². The lowest BCUT2D eigenvalue weighted by Crippen LogP contribution is -2.27. The molecule has 46 heavy (non-hydrogen) atoms. The molecule has 2 fully saturated rings. The van der Waals surface area contributed by atoms with Crippen LogP contribution in [0.15, 0.2) is 43.1 Å². The van der Waals surface area contributed by atoms with E-state index in [0.717, 1.165) is 49.4 Å². The van der Waals surface area contributed by atoms with Crippen molar-refractivity contribution in [3.05, 3.63) is 66.1 Å². The van der Waals surface area contributed by atoms with Crippen molar-refractivity contribution in [1.29, 1.82) is 15.8 Å². The standard InChI is InChI=1S/C32H24N8O2S4/c1-8-39-28(42)26(45-29(39)15(12-33)13-34)38-20-10-16-23(44-20)24-22(31(16,3)4)21-18(43-24)11-19(32(21,5)6)37-25-27(41)40(9-2)30(46-25)17(14-35)36-7/h10-11H,8-9H2,1-6H3/b30-17-,37-25?,38-26?. The van der Waals surface area contributed by atoms with Crippen molar-refractivity contribution >= 4 is 79.2 Å². The Labute approximate surface area is 282 Å². The first-order valence-electron chi connectivity index (χ1n) is 14.1. The average molecular weight is 681 g/mol. The molecule has 0 unspecified atom stereocenters. The summed E-state index contributed by atoms with van der Waals surface area (Å²) in [5.41, 5.74) is 3.13. The van der Waals surface area contributed by atoms with E-state index < -0.39 is 5.41 Å². The van der Waals surface area contributed by atoms with Crippen LogP contribution in [0.4, 0.5) is 5.00 Å². The molecule has 2 aromatic heterocycles. The summed E-state index contributed by atoms with van der Waals surface area (Å²) in [6, 6.07) is 7.67. The van der Waals surface area contributed by atoms with E-state index in [-0.39, 0.29) is 38.6 Å².